The van der Waals surface area contributed by atoms with Gasteiger partial charge in [-0.25, -0.2) is 0 Å². The number of aryl methyl sites for hydroxylation is 1. The summed E-state index contributed by atoms with van der Waals surface area (Å²) in [7, 11) is 0. The molecule has 2 heteroatoms. The Morgan fingerprint density at radius 1 is 1.00 bits per heavy atom. The van der Waals surface area contributed by atoms with E-state index in [1.807, 2.05) is 6.07 Å². The Kier molecular flexibility index (Phi) is 5.48. The van der Waals surface area contributed by atoms with E-state index in [1.54, 1.807) is 12.1 Å². The van der Waals surface area contributed by atoms with Crippen molar-refractivity contribution in [3.05, 3.63) is 54.1 Å². The molecule has 0 aliphatic rings. The van der Waals surface area contributed by atoms with E-state index in [0.717, 1.165) is 17.8 Å². The SMILES string of the molecule is CCCCCCc1ccc(Nc2cc[c]c(O)c2)cc1. The summed E-state index contributed by atoms with van der Waals surface area (Å²) in [6, 6.07) is 16.5. The summed E-state index contributed by atoms with van der Waals surface area (Å²) in [6.45, 7) is 2.24. The second-order valence-corrected chi connectivity index (χ2v) is 5.10. The lowest BCUT2D eigenvalue weighted by molar-refractivity contribution is 0.474. The highest BCUT2D eigenvalue weighted by atomic mass is 16.3. The number of phenolic OH excluding ortho intramolecular Hbond substituents is 1. The smallest absolute Gasteiger partial charge is 0.125 e. The maximum Gasteiger partial charge on any atom is 0.125 e. The largest absolute Gasteiger partial charge is 0.507 e. The minimum Gasteiger partial charge on any atom is -0.507 e. The summed E-state index contributed by atoms with van der Waals surface area (Å²) in [4.78, 5) is 0. The first-order valence-corrected chi connectivity index (χ1v) is 7.34. The predicted octanol–water partition coefficient (Wildman–Crippen LogP) is 5.06. The third kappa shape index (κ3) is 4.61. The van der Waals surface area contributed by atoms with Crippen molar-refractivity contribution in [1.29, 1.82) is 0 Å². The molecule has 0 heterocycles. The molecule has 0 unspecified atom stereocenters. The molecule has 0 spiro atoms. The average Bonchev–Trinajstić information content (AvgIpc) is 2.45. The molecular formula is C18H22NO. The van der Waals surface area contributed by atoms with Gasteiger partial charge in [-0.15, -0.1) is 0 Å². The van der Waals surface area contributed by atoms with Crippen LogP contribution in [-0.4, -0.2) is 5.11 Å². The van der Waals surface area contributed by atoms with Crippen molar-refractivity contribution in [3.63, 3.8) is 0 Å². The van der Waals surface area contributed by atoms with Gasteiger partial charge in [-0.1, -0.05) is 38.3 Å². The van der Waals surface area contributed by atoms with Crippen LogP contribution in [-0.2, 0) is 6.42 Å². The van der Waals surface area contributed by atoms with Gasteiger partial charge in [0.15, 0.2) is 0 Å². The topological polar surface area (TPSA) is 32.3 Å². The number of anilines is 2. The minimum absolute atomic E-state index is 0.155. The molecule has 105 valence electrons. The van der Waals surface area contributed by atoms with Crippen molar-refractivity contribution in [3.8, 4) is 5.75 Å². The normalized spacial score (nSPS) is 10.4. The summed E-state index contributed by atoms with van der Waals surface area (Å²) >= 11 is 0. The van der Waals surface area contributed by atoms with Crippen molar-refractivity contribution in [1.82, 2.24) is 0 Å². The fraction of sp³-hybridized carbons (Fsp3) is 0.333. The summed E-state index contributed by atoms with van der Waals surface area (Å²) in [5.41, 5.74) is 3.29. The molecule has 2 nitrogen and oxygen atoms in total. The average molecular weight is 268 g/mol. The zero-order valence-corrected chi connectivity index (χ0v) is 12.0. The van der Waals surface area contributed by atoms with E-state index < -0.39 is 0 Å². The number of aromatic hydroxyl groups is 1. The quantitative estimate of drug-likeness (QED) is 0.688. The fourth-order valence-electron chi connectivity index (χ4n) is 2.21. The molecule has 2 N–H and O–H groups in total. The first-order chi connectivity index (χ1) is 9.78. The number of unbranched alkanes of at least 4 members (excludes halogenated alkanes) is 3. The Hall–Kier alpha value is -1.96. The Balaban J connectivity index is 1.88. The lowest BCUT2D eigenvalue weighted by atomic mass is 10.1. The molecule has 0 aromatic heterocycles. The van der Waals surface area contributed by atoms with Crippen molar-refractivity contribution < 1.29 is 5.11 Å². The molecule has 0 saturated carbocycles. The molecule has 0 fully saturated rings. The molecule has 2 aromatic rings. The molecule has 20 heavy (non-hydrogen) atoms. The highest BCUT2D eigenvalue weighted by Crippen LogP contribution is 2.21. The highest BCUT2D eigenvalue weighted by molar-refractivity contribution is 5.61. The van der Waals surface area contributed by atoms with Crippen LogP contribution in [0.4, 0.5) is 11.4 Å². The number of hydrogen-bond acceptors (Lipinski definition) is 2. The van der Waals surface area contributed by atoms with Gasteiger partial charge >= 0.3 is 0 Å². The molecule has 2 rings (SSSR count). The van der Waals surface area contributed by atoms with Crippen LogP contribution >= 0.6 is 0 Å². The van der Waals surface area contributed by atoms with Gasteiger partial charge in [-0.05, 0) is 42.7 Å². The maximum absolute atomic E-state index is 9.38. The van der Waals surface area contributed by atoms with Gasteiger partial charge in [0, 0.05) is 23.5 Å². The van der Waals surface area contributed by atoms with Crippen LogP contribution in [0.5, 0.6) is 5.75 Å². The Morgan fingerprint density at radius 3 is 2.50 bits per heavy atom. The Labute approximate surface area is 121 Å². The van der Waals surface area contributed by atoms with E-state index >= 15 is 0 Å². The van der Waals surface area contributed by atoms with Crippen molar-refractivity contribution >= 4 is 11.4 Å². The highest BCUT2D eigenvalue weighted by Gasteiger charge is 1.98. The van der Waals surface area contributed by atoms with Crippen LogP contribution in [0.15, 0.2) is 42.5 Å². The number of benzene rings is 2. The predicted molar refractivity (Wildman–Crippen MR) is 84.5 cm³/mol. The minimum atomic E-state index is 0.155. The second-order valence-electron chi connectivity index (χ2n) is 5.10. The van der Waals surface area contributed by atoms with E-state index in [1.165, 1.54) is 31.2 Å². The van der Waals surface area contributed by atoms with Gasteiger partial charge in [0.2, 0.25) is 0 Å². The lowest BCUT2D eigenvalue weighted by Crippen LogP contribution is -1.91. The molecule has 2 aromatic carbocycles. The van der Waals surface area contributed by atoms with Crippen LogP contribution < -0.4 is 5.32 Å². The van der Waals surface area contributed by atoms with Crippen molar-refractivity contribution in [2.45, 2.75) is 39.0 Å². The van der Waals surface area contributed by atoms with Crippen LogP contribution in [0.3, 0.4) is 0 Å². The molecule has 0 saturated heterocycles. The van der Waals surface area contributed by atoms with Gasteiger partial charge in [0.25, 0.3) is 0 Å². The molecule has 0 aliphatic heterocycles. The van der Waals surface area contributed by atoms with Crippen molar-refractivity contribution in [2.75, 3.05) is 5.32 Å². The van der Waals surface area contributed by atoms with Gasteiger partial charge in [-0.3, -0.25) is 0 Å². The number of phenols is 1. The summed E-state index contributed by atoms with van der Waals surface area (Å²) in [6.07, 6.45) is 6.35. The maximum atomic E-state index is 9.38. The summed E-state index contributed by atoms with van der Waals surface area (Å²) < 4.78 is 0. The molecule has 0 amide bonds. The van der Waals surface area contributed by atoms with E-state index in [2.05, 4.69) is 42.6 Å². The molecular weight excluding hydrogens is 246 g/mol. The monoisotopic (exact) mass is 268 g/mol. The van der Waals surface area contributed by atoms with Gasteiger partial charge in [-0.2, -0.15) is 0 Å². The molecule has 0 atom stereocenters. The van der Waals surface area contributed by atoms with E-state index in [-0.39, 0.29) is 5.75 Å². The van der Waals surface area contributed by atoms with E-state index in [4.69, 9.17) is 0 Å². The zero-order chi connectivity index (χ0) is 14.2. The number of rotatable bonds is 7. The Bertz CT molecular complexity index is 519. The molecule has 0 bridgehead atoms. The zero-order valence-electron chi connectivity index (χ0n) is 12.0. The van der Waals surface area contributed by atoms with Crippen LogP contribution in [0.2, 0.25) is 0 Å². The standard InChI is InChI=1S/C18H22NO/c1-2-3-4-5-7-15-10-12-16(13-11-15)19-17-8-6-9-18(20)14-17/h6,8,10-14,19-20H,2-5,7H2,1H3. The third-order valence-electron chi connectivity index (χ3n) is 3.35. The second kappa shape index (κ2) is 7.59. The van der Waals surface area contributed by atoms with E-state index in [9.17, 15) is 5.11 Å². The lowest BCUT2D eigenvalue weighted by Gasteiger charge is -2.08. The summed E-state index contributed by atoms with van der Waals surface area (Å²) in [5, 5.41) is 12.6. The first kappa shape index (κ1) is 14.4. The van der Waals surface area contributed by atoms with E-state index in [0.29, 0.717) is 0 Å². The number of hydrogen-bond donors (Lipinski definition) is 2. The van der Waals surface area contributed by atoms with Gasteiger partial charge in [0.1, 0.15) is 5.75 Å². The van der Waals surface area contributed by atoms with Crippen molar-refractivity contribution in [2.24, 2.45) is 0 Å². The third-order valence-corrected chi connectivity index (χ3v) is 3.35. The van der Waals surface area contributed by atoms with Crippen LogP contribution in [0.25, 0.3) is 0 Å². The van der Waals surface area contributed by atoms with Gasteiger partial charge in [0.05, 0.1) is 0 Å². The molecule has 1 radical (unpaired) electrons. The first-order valence-electron chi connectivity index (χ1n) is 7.34. The summed E-state index contributed by atoms with van der Waals surface area (Å²) in [5.74, 6) is 0.155. The van der Waals surface area contributed by atoms with Crippen LogP contribution in [0.1, 0.15) is 38.2 Å². The Morgan fingerprint density at radius 2 is 1.80 bits per heavy atom. The number of nitrogens with one attached hydrogen (secondary N) is 1. The fourth-order valence-corrected chi connectivity index (χ4v) is 2.21. The molecule has 0 aliphatic carbocycles. The van der Waals surface area contributed by atoms with Crippen LogP contribution in [0, 0.1) is 6.07 Å². The van der Waals surface area contributed by atoms with Gasteiger partial charge < -0.3 is 10.4 Å².